The van der Waals surface area contributed by atoms with E-state index in [0.29, 0.717) is 12.5 Å². The second-order valence-corrected chi connectivity index (χ2v) is 2.56. The van der Waals surface area contributed by atoms with Gasteiger partial charge in [0, 0.05) is 17.8 Å². The summed E-state index contributed by atoms with van der Waals surface area (Å²) < 4.78 is 5.20. The van der Waals surface area contributed by atoms with Crippen LogP contribution in [0.1, 0.15) is 18.1 Å². The first kappa shape index (κ1) is 9.51. The SMILES string of the molecule is CCOc1cc(C)c(/C=N\O)cn1. The summed E-state index contributed by atoms with van der Waals surface area (Å²) in [6, 6.07) is 1.81. The Morgan fingerprint density at radius 3 is 3.00 bits per heavy atom. The molecule has 1 heterocycles. The fourth-order valence-electron chi connectivity index (χ4n) is 0.965. The maximum absolute atomic E-state index is 8.33. The third-order valence-corrected chi connectivity index (χ3v) is 1.62. The van der Waals surface area contributed by atoms with Crippen molar-refractivity contribution in [1.82, 2.24) is 4.98 Å². The van der Waals surface area contributed by atoms with Crippen molar-refractivity contribution in [2.75, 3.05) is 6.61 Å². The highest BCUT2D eigenvalue weighted by Gasteiger charge is 1.99. The number of nitrogens with zero attached hydrogens (tertiary/aromatic N) is 2. The molecule has 0 radical (unpaired) electrons. The van der Waals surface area contributed by atoms with Gasteiger partial charge >= 0.3 is 0 Å². The average Bonchev–Trinajstić information content (AvgIpc) is 2.10. The molecule has 0 fully saturated rings. The molecule has 0 bridgehead atoms. The van der Waals surface area contributed by atoms with Crippen LogP contribution in [0.2, 0.25) is 0 Å². The highest BCUT2D eigenvalue weighted by molar-refractivity contribution is 5.80. The topological polar surface area (TPSA) is 54.7 Å². The highest BCUT2D eigenvalue weighted by Crippen LogP contribution is 2.11. The molecule has 0 spiro atoms. The highest BCUT2D eigenvalue weighted by atomic mass is 16.5. The van der Waals surface area contributed by atoms with E-state index < -0.39 is 0 Å². The second kappa shape index (κ2) is 4.45. The van der Waals surface area contributed by atoms with Crippen molar-refractivity contribution < 1.29 is 9.94 Å². The van der Waals surface area contributed by atoms with Gasteiger partial charge in [-0.15, -0.1) is 0 Å². The number of aromatic nitrogens is 1. The third kappa shape index (κ3) is 2.43. The van der Waals surface area contributed by atoms with E-state index in [1.807, 2.05) is 13.8 Å². The molecule has 1 N–H and O–H groups in total. The molecule has 4 nitrogen and oxygen atoms in total. The number of hydrogen-bond acceptors (Lipinski definition) is 4. The fourth-order valence-corrected chi connectivity index (χ4v) is 0.965. The van der Waals surface area contributed by atoms with E-state index in [4.69, 9.17) is 9.94 Å². The van der Waals surface area contributed by atoms with Crippen LogP contribution in [0.3, 0.4) is 0 Å². The molecule has 0 unspecified atom stereocenters. The molecule has 0 aliphatic heterocycles. The predicted molar refractivity (Wildman–Crippen MR) is 49.5 cm³/mol. The quantitative estimate of drug-likeness (QED) is 0.436. The first-order valence-electron chi connectivity index (χ1n) is 4.04. The van der Waals surface area contributed by atoms with E-state index in [1.54, 1.807) is 12.3 Å². The largest absolute Gasteiger partial charge is 0.478 e. The summed E-state index contributed by atoms with van der Waals surface area (Å²) in [4.78, 5) is 4.02. The van der Waals surface area contributed by atoms with E-state index in [2.05, 4.69) is 10.1 Å². The van der Waals surface area contributed by atoms with Crippen molar-refractivity contribution in [3.05, 3.63) is 23.4 Å². The molecule has 70 valence electrons. The van der Waals surface area contributed by atoms with Crippen molar-refractivity contribution in [3.8, 4) is 5.88 Å². The molecule has 0 aliphatic carbocycles. The van der Waals surface area contributed by atoms with Crippen LogP contribution in [0, 0.1) is 6.92 Å². The van der Waals surface area contributed by atoms with E-state index >= 15 is 0 Å². The fraction of sp³-hybridized carbons (Fsp3) is 0.333. The smallest absolute Gasteiger partial charge is 0.213 e. The monoisotopic (exact) mass is 180 g/mol. The third-order valence-electron chi connectivity index (χ3n) is 1.62. The van der Waals surface area contributed by atoms with Gasteiger partial charge in [0.1, 0.15) is 0 Å². The lowest BCUT2D eigenvalue weighted by Crippen LogP contribution is -1.97. The van der Waals surface area contributed by atoms with E-state index in [1.165, 1.54) is 6.21 Å². The number of oxime groups is 1. The first-order valence-corrected chi connectivity index (χ1v) is 4.04. The Hall–Kier alpha value is -1.58. The van der Waals surface area contributed by atoms with Crippen molar-refractivity contribution in [1.29, 1.82) is 0 Å². The van der Waals surface area contributed by atoms with Crippen LogP contribution in [0.5, 0.6) is 5.88 Å². The van der Waals surface area contributed by atoms with Crippen LogP contribution in [0.4, 0.5) is 0 Å². The summed E-state index contributed by atoms with van der Waals surface area (Å²) in [5, 5.41) is 11.3. The standard InChI is InChI=1S/C9H12N2O2/c1-3-13-9-4-7(2)8(5-10-9)6-11-12/h4-6,12H,3H2,1-2H3/b11-6-. The zero-order valence-corrected chi connectivity index (χ0v) is 7.69. The van der Waals surface area contributed by atoms with E-state index in [0.717, 1.165) is 11.1 Å². The molecule has 0 atom stereocenters. The van der Waals surface area contributed by atoms with E-state index in [9.17, 15) is 0 Å². The average molecular weight is 180 g/mol. The van der Waals surface area contributed by atoms with Crippen molar-refractivity contribution >= 4 is 6.21 Å². The van der Waals surface area contributed by atoms with Gasteiger partial charge in [-0.3, -0.25) is 0 Å². The van der Waals surface area contributed by atoms with Crippen molar-refractivity contribution in [3.63, 3.8) is 0 Å². The number of rotatable bonds is 3. The summed E-state index contributed by atoms with van der Waals surface area (Å²) in [6.07, 6.45) is 2.96. The Morgan fingerprint density at radius 2 is 2.46 bits per heavy atom. The first-order chi connectivity index (χ1) is 6.27. The van der Waals surface area contributed by atoms with Crippen LogP contribution < -0.4 is 4.74 Å². The van der Waals surface area contributed by atoms with Crippen LogP contribution in [-0.2, 0) is 0 Å². The Labute approximate surface area is 76.9 Å². The summed E-state index contributed by atoms with van der Waals surface area (Å²) in [6.45, 7) is 4.40. The zero-order chi connectivity index (χ0) is 9.68. The Bertz CT molecular complexity index is 310. The molecule has 0 saturated heterocycles. The van der Waals surface area contributed by atoms with Crippen molar-refractivity contribution in [2.45, 2.75) is 13.8 Å². The molecule has 0 aliphatic rings. The molecule has 1 rings (SSSR count). The van der Waals surface area contributed by atoms with Crippen LogP contribution in [0.25, 0.3) is 0 Å². The molecule has 0 aromatic carbocycles. The summed E-state index contributed by atoms with van der Waals surface area (Å²) in [5.41, 5.74) is 1.75. The molecule has 1 aromatic rings. The minimum atomic E-state index is 0.593. The van der Waals surface area contributed by atoms with Gasteiger partial charge in [0.2, 0.25) is 5.88 Å². The van der Waals surface area contributed by atoms with Crippen molar-refractivity contribution in [2.24, 2.45) is 5.16 Å². The lowest BCUT2D eigenvalue weighted by Gasteiger charge is -2.03. The summed E-state index contributed by atoms with van der Waals surface area (Å²) >= 11 is 0. The van der Waals surface area contributed by atoms with Crippen LogP contribution in [0.15, 0.2) is 17.4 Å². The van der Waals surface area contributed by atoms with Gasteiger partial charge in [0.15, 0.2) is 0 Å². The molecule has 0 amide bonds. The number of ether oxygens (including phenoxy) is 1. The number of pyridine rings is 1. The molecule has 0 saturated carbocycles. The van der Waals surface area contributed by atoms with E-state index in [-0.39, 0.29) is 0 Å². The Kier molecular flexibility index (Phi) is 3.25. The summed E-state index contributed by atoms with van der Waals surface area (Å²) in [7, 11) is 0. The number of hydrogen-bond donors (Lipinski definition) is 1. The van der Waals surface area contributed by atoms with Gasteiger partial charge in [-0.25, -0.2) is 4.98 Å². The molecular formula is C9H12N2O2. The molecule has 1 aromatic heterocycles. The van der Waals surface area contributed by atoms with Gasteiger partial charge in [0.05, 0.1) is 12.8 Å². The minimum Gasteiger partial charge on any atom is -0.478 e. The lowest BCUT2D eigenvalue weighted by molar-refractivity contribution is 0.321. The Balaban J connectivity index is 2.91. The summed E-state index contributed by atoms with van der Waals surface area (Å²) in [5.74, 6) is 0.593. The van der Waals surface area contributed by atoms with Gasteiger partial charge in [0.25, 0.3) is 0 Å². The lowest BCUT2D eigenvalue weighted by atomic mass is 10.2. The normalized spacial score (nSPS) is 10.6. The van der Waals surface area contributed by atoms with Gasteiger partial charge in [-0.1, -0.05) is 5.16 Å². The molecule has 13 heavy (non-hydrogen) atoms. The van der Waals surface area contributed by atoms with Crippen LogP contribution >= 0.6 is 0 Å². The Morgan fingerprint density at radius 1 is 1.69 bits per heavy atom. The van der Waals surface area contributed by atoms with Gasteiger partial charge in [-0.2, -0.15) is 0 Å². The molecular weight excluding hydrogens is 168 g/mol. The minimum absolute atomic E-state index is 0.593. The number of aryl methyl sites for hydroxylation is 1. The van der Waals surface area contributed by atoms with Gasteiger partial charge in [-0.05, 0) is 19.4 Å². The zero-order valence-electron chi connectivity index (χ0n) is 7.69. The second-order valence-electron chi connectivity index (χ2n) is 2.56. The molecule has 4 heteroatoms. The predicted octanol–water partition coefficient (Wildman–Crippen LogP) is 1.60. The van der Waals surface area contributed by atoms with Crippen LogP contribution in [-0.4, -0.2) is 23.0 Å². The maximum Gasteiger partial charge on any atom is 0.213 e. The van der Waals surface area contributed by atoms with Gasteiger partial charge < -0.3 is 9.94 Å². The maximum atomic E-state index is 8.33.